The van der Waals surface area contributed by atoms with Crippen LogP contribution in [0, 0.1) is 41.5 Å². The van der Waals surface area contributed by atoms with Gasteiger partial charge in [0.05, 0.1) is 12.5 Å². The van der Waals surface area contributed by atoms with Crippen molar-refractivity contribution in [2.45, 2.75) is 66.6 Å². The maximum atomic E-state index is 12.0. The van der Waals surface area contributed by atoms with E-state index in [0.717, 1.165) is 44.5 Å². The van der Waals surface area contributed by atoms with Crippen LogP contribution in [-0.2, 0) is 16.6 Å². The van der Waals surface area contributed by atoms with Gasteiger partial charge in [-0.2, -0.15) is 0 Å². The first-order valence-corrected chi connectivity index (χ1v) is 12.2. The number of carbonyl (C=O) groups is 1. The zero-order valence-corrected chi connectivity index (χ0v) is 22.1. The molecule has 4 rings (SSSR count). The lowest BCUT2D eigenvalue weighted by molar-refractivity contribution is -0.156. The van der Waals surface area contributed by atoms with Crippen LogP contribution in [0.4, 0.5) is 0 Å². The average Bonchev–Trinajstić information content (AvgIpc) is 3.17. The number of tetrazole rings is 1. The van der Waals surface area contributed by atoms with Crippen molar-refractivity contribution in [2.24, 2.45) is 7.05 Å². The van der Waals surface area contributed by atoms with Crippen molar-refractivity contribution in [3.63, 3.8) is 0 Å². The Kier molecular flexibility index (Phi) is 7.22. The minimum atomic E-state index is -0.715. The number of ether oxygens (including phenoxy) is 1. The zero-order chi connectivity index (χ0) is 26.1. The normalized spacial score (nSPS) is 17.9. The molecule has 0 amide bonds. The van der Waals surface area contributed by atoms with Crippen molar-refractivity contribution >= 4 is 17.1 Å². The third-order valence-electron chi connectivity index (χ3n) is 6.65. The predicted octanol–water partition coefficient (Wildman–Crippen LogP) is 4.64. The fraction of sp³-hybridized carbons (Fsp3) is 0.379. The van der Waals surface area contributed by atoms with Crippen molar-refractivity contribution in [1.29, 1.82) is 0 Å². The summed E-state index contributed by atoms with van der Waals surface area (Å²) in [4.78, 5) is 12.0. The molecule has 2 aromatic carbocycles. The summed E-state index contributed by atoms with van der Waals surface area (Å²) in [6.45, 7) is 12.7. The van der Waals surface area contributed by atoms with Gasteiger partial charge in [0.25, 0.3) is 0 Å². The molecule has 0 radical (unpaired) electrons. The molecule has 3 aromatic rings. The van der Waals surface area contributed by atoms with E-state index in [1.807, 2.05) is 19.2 Å². The number of aromatic nitrogens is 4. The maximum Gasteiger partial charge on any atom is 0.309 e. The highest BCUT2D eigenvalue weighted by atomic mass is 16.5. The van der Waals surface area contributed by atoms with E-state index in [9.17, 15) is 9.90 Å². The highest BCUT2D eigenvalue weighted by Crippen LogP contribution is 2.39. The fourth-order valence-corrected chi connectivity index (χ4v) is 5.40. The van der Waals surface area contributed by atoms with E-state index in [-0.39, 0.29) is 6.42 Å². The predicted molar refractivity (Wildman–Crippen MR) is 140 cm³/mol. The number of aliphatic hydroxyl groups excluding tert-OH is 1. The minimum Gasteiger partial charge on any atom is -0.458 e. The van der Waals surface area contributed by atoms with Gasteiger partial charge in [0.1, 0.15) is 6.10 Å². The van der Waals surface area contributed by atoms with Crippen LogP contribution in [0.3, 0.4) is 0 Å². The van der Waals surface area contributed by atoms with E-state index in [1.54, 1.807) is 4.68 Å². The Labute approximate surface area is 212 Å². The number of hydrogen-bond donors (Lipinski definition) is 1. The van der Waals surface area contributed by atoms with E-state index in [4.69, 9.17) is 4.74 Å². The largest absolute Gasteiger partial charge is 0.458 e. The Morgan fingerprint density at radius 2 is 1.50 bits per heavy atom. The molecule has 2 atom stereocenters. The van der Waals surface area contributed by atoms with Crippen molar-refractivity contribution in [1.82, 2.24) is 20.2 Å². The van der Waals surface area contributed by atoms with Crippen LogP contribution in [0.1, 0.15) is 63.2 Å². The van der Waals surface area contributed by atoms with Gasteiger partial charge < -0.3 is 9.84 Å². The van der Waals surface area contributed by atoms with Gasteiger partial charge in [-0.15, -0.1) is 5.10 Å². The number of aryl methyl sites for hydroxylation is 7. The van der Waals surface area contributed by atoms with Crippen LogP contribution in [0.25, 0.3) is 11.1 Å². The SMILES string of the molecule is Cc1cc(C)c(C(=C(C=C[C@@H]2C[C@@H](O)CC(=O)O2)c2nnnn2C)c2c(C)cc(C)cc2C)c(C)c1. The number of rotatable bonds is 5. The Morgan fingerprint density at radius 3 is 1.94 bits per heavy atom. The molecule has 7 nitrogen and oxygen atoms in total. The Hall–Kier alpha value is -3.58. The molecule has 1 saturated heterocycles. The van der Waals surface area contributed by atoms with Crippen LogP contribution < -0.4 is 0 Å². The molecule has 188 valence electrons. The van der Waals surface area contributed by atoms with Crippen LogP contribution >= 0.6 is 0 Å². The number of cyclic esters (lactones) is 1. The molecule has 0 bridgehead atoms. The van der Waals surface area contributed by atoms with Crippen molar-refractivity contribution < 1.29 is 14.6 Å². The van der Waals surface area contributed by atoms with E-state index in [2.05, 4.69) is 81.3 Å². The molecular weight excluding hydrogens is 452 g/mol. The molecule has 36 heavy (non-hydrogen) atoms. The second-order valence-corrected chi connectivity index (χ2v) is 9.94. The molecule has 1 N–H and O–H groups in total. The van der Waals surface area contributed by atoms with Gasteiger partial charge in [0.2, 0.25) is 0 Å². The van der Waals surface area contributed by atoms with Gasteiger partial charge >= 0.3 is 5.97 Å². The smallest absolute Gasteiger partial charge is 0.309 e. The number of benzene rings is 2. The summed E-state index contributed by atoms with van der Waals surface area (Å²) in [5.74, 6) is 0.201. The minimum absolute atomic E-state index is 0.0228. The number of allylic oxidation sites excluding steroid dienone is 2. The molecule has 0 saturated carbocycles. The summed E-state index contributed by atoms with van der Waals surface area (Å²) in [6, 6.07) is 8.76. The molecule has 0 unspecified atom stereocenters. The van der Waals surface area contributed by atoms with Crippen LogP contribution in [-0.4, -0.2) is 43.5 Å². The summed E-state index contributed by atoms with van der Waals surface area (Å²) in [6.07, 6.45) is 2.91. The lowest BCUT2D eigenvalue weighted by Gasteiger charge is -2.24. The van der Waals surface area contributed by atoms with E-state index in [1.165, 1.54) is 11.1 Å². The summed E-state index contributed by atoms with van der Waals surface area (Å²) in [5.41, 5.74) is 11.1. The Balaban J connectivity index is 2.07. The van der Waals surface area contributed by atoms with E-state index >= 15 is 0 Å². The van der Waals surface area contributed by atoms with E-state index in [0.29, 0.717) is 12.2 Å². The third kappa shape index (κ3) is 5.16. The van der Waals surface area contributed by atoms with Gasteiger partial charge in [-0.3, -0.25) is 4.79 Å². The third-order valence-corrected chi connectivity index (χ3v) is 6.65. The number of carbonyl (C=O) groups excluding carboxylic acids is 1. The number of aliphatic hydroxyl groups is 1. The van der Waals surface area contributed by atoms with Gasteiger partial charge in [-0.05, 0) is 91.4 Å². The lowest BCUT2D eigenvalue weighted by Crippen LogP contribution is -2.31. The monoisotopic (exact) mass is 486 g/mol. The summed E-state index contributed by atoms with van der Waals surface area (Å²) >= 11 is 0. The van der Waals surface area contributed by atoms with Crippen LogP contribution in [0.15, 0.2) is 36.4 Å². The fourth-order valence-electron chi connectivity index (χ4n) is 5.40. The van der Waals surface area contributed by atoms with E-state index < -0.39 is 18.2 Å². The molecule has 2 heterocycles. The number of nitrogens with zero attached hydrogens (tertiary/aromatic N) is 4. The highest BCUT2D eigenvalue weighted by Gasteiger charge is 2.27. The first kappa shape index (κ1) is 25.5. The van der Waals surface area contributed by atoms with Crippen molar-refractivity contribution in [3.8, 4) is 0 Å². The first-order chi connectivity index (χ1) is 17.0. The molecule has 7 heteroatoms. The molecular formula is C29H34N4O3. The van der Waals surface area contributed by atoms with Gasteiger partial charge in [-0.1, -0.05) is 41.5 Å². The standard InChI is InChI=1S/C29H34N4O3/c1-16-10-18(3)26(19(4)11-16)28(27-20(5)12-17(2)13-21(27)6)24(29-30-31-32-33(29)7)9-8-23-14-22(34)15-25(35)36-23/h8-13,22-23,34H,14-15H2,1-7H3/t22-,23-/m1/s1. The summed E-state index contributed by atoms with van der Waals surface area (Å²) in [7, 11) is 1.81. The Morgan fingerprint density at radius 1 is 0.972 bits per heavy atom. The molecule has 1 aromatic heterocycles. The van der Waals surface area contributed by atoms with Crippen LogP contribution in [0.5, 0.6) is 0 Å². The lowest BCUT2D eigenvalue weighted by atomic mass is 9.82. The first-order valence-electron chi connectivity index (χ1n) is 12.2. The zero-order valence-electron chi connectivity index (χ0n) is 22.1. The second kappa shape index (κ2) is 10.2. The second-order valence-electron chi connectivity index (χ2n) is 9.94. The quantitative estimate of drug-likeness (QED) is 0.417. The molecule has 1 aliphatic heterocycles. The van der Waals surface area contributed by atoms with Gasteiger partial charge in [0, 0.05) is 24.6 Å². The maximum absolute atomic E-state index is 12.0. The van der Waals surface area contributed by atoms with Crippen LogP contribution in [0.2, 0.25) is 0 Å². The molecule has 1 aliphatic rings. The summed E-state index contributed by atoms with van der Waals surface area (Å²) in [5, 5.41) is 22.5. The van der Waals surface area contributed by atoms with Gasteiger partial charge in [0.15, 0.2) is 5.82 Å². The summed E-state index contributed by atoms with van der Waals surface area (Å²) < 4.78 is 7.16. The number of hydrogen-bond acceptors (Lipinski definition) is 6. The van der Waals surface area contributed by atoms with Crippen molar-refractivity contribution in [3.05, 3.63) is 86.7 Å². The molecule has 1 fully saturated rings. The number of esters is 1. The van der Waals surface area contributed by atoms with Crippen molar-refractivity contribution in [2.75, 3.05) is 0 Å². The molecule has 0 aliphatic carbocycles. The highest BCUT2D eigenvalue weighted by molar-refractivity contribution is 6.03. The topological polar surface area (TPSA) is 90.1 Å². The van der Waals surface area contributed by atoms with Gasteiger partial charge in [-0.25, -0.2) is 4.68 Å². The molecule has 0 spiro atoms. The average molecular weight is 487 g/mol. The Bertz CT molecular complexity index is 1280.